The van der Waals surface area contributed by atoms with Crippen molar-refractivity contribution in [1.29, 1.82) is 0 Å². The highest BCUT2D eigenvalue weighted by atomic mass is 35.5. The fourth-order valence-corrected chi connectivity index (χ4v) is 2.85. The van der Waals surface area contributed by atoms with E-state index in [9.17, 15) is 9.18 Å². The maximum Gasteiger partial charge on any atom is 0.295 e. The molecule has 0 radical (unpaired) electrons. The van der Waals surface area contributed by atoms with Gasteiger partial charge < -0.3 is 10.1 Å². The normalized spacial score (nSPS) is 10.7. The molecule has 0 fully saturated rings. The number of benzene rings is 2. The molecule has 0 aliphatic carbocycles. The van der Waals surface area contributed by atoms with Crippen LogP contribution in [0.3, 0.4) is 0 Å². The number of hydrogen-bond acceptors (Lipinski definition) is 4. The van der Waals surface area contributed by atoms with Gasteiger partial charge in [0.25, 0.3) is 5.91 Å². The first-order chi connectivity index (χ1) is 12.4. The molecular weight excluding hydrogens is 382 g/mol. The third kappa shape index (κ3) is 3.49. The van der Waals surface area contributed by atoms with Gasteiger partial charge in [0.1, 0.15) is 23.1 Å². The lowest BCUT2D eigenvalue weighted by atomic mass is 10.3. The fourth-order valence-electron chi connectivity index (χ4n) is 2.29. The summed E-state index contributed by atoms with van der Waals surface area (Å²) in [7, 11) is 1.44. The predicted molar refractivity (Wildman–Crippen MR) is 97.0 cm³/mol. The Morgan fingerprint density at radius 3 is 2.58 bits per heavy atom. The zero-order valence-electron chi connectivity index (χ0n) is 13.8. The van der Waals surface area contributed by atoms with Crippen LogP contribution in [0.5, 0.6) is 5.75 Å². The number of anilines is 1. The molecular formula is C17H13Cl2FN4O2. The zero-order chi connectivity index (χ0) is 18.8. The molecule has 0 bridgehead atoms. The molecule has 0 spiro atoms. The highest BCUT2D eigenvalue weighted by Crippen LogP contribution is 2.28. The Morgan fingerprint density at radius 1 is 1.23 bits per heavy atom. The Labute approximate surface area is 158 Å². The van der Waals surface area contributed by atoms with Crippen LogP contribution < -0.4 is 10.1 Å². The monoisotopic (exact) mass is 394 g/mol. The Hall–Kier alpha value is -2.64. The molecule has 26 heavy (non-hydrogen) atoms. The van der Waals surface area contributed by atoms with Crippen LogP contribution in [-0.2, 0) is 0 Å². The second kappa shape index (κ2) is 7.31. The number of ether oxygens (including phenoxy) is 1. The van der Waals surface area contributed by atoms with Crippen molar-refractivity contribution in [3.8, 4) is 11.4 Å². The van der Waals surface area contributed by atoms with Gasteiger partial charge in [-0.05, 0) is 31.2 Å². The van der Waals surface area contributed by atoms with E-state index >= 15 is 0 Å². The second-order valence-corrected chi connectivity index (χ2v) is 6.08. The molecule has 1 amide bonds. The minimum atomic E-state index is -0.679. The lowest BCUT2D eigenvalue weighted by Crippen LogP contribution is -2.15. The maximum absolute atomic E-state index is 13.9. The van der Waals surface area contributed by atoms with Gasteiger partial charge in [0.15, 0.2) is 0 Å². The molecule has 1 N–H and O–H groups in total. The van der Waals surface area contributed by atoms with E-state index in [2.05, 4.69) is 15.4 Å². The number of nitrogens with zero attached hydrogens (tertiary/aromatic N) is 3. The summed E-state index contributed by atoms with van der Waals surface area (Å²) in [6, 6.07) is 8.99. The van der Waals surface area contributed by atoms with Crippen LogP contribution in [0.15, 0.2) is 36.4 Å². The van der Waals surface area contributed by atoms with E-state index in [0.717, 1.165) is 0 Å². The summed E-state index contributed by atoms with van der Waals surface area (Å²) in [5.74, 6) is -0.636. The van der Waals surface area contributed by atoms with Crippen LogP contribution in [0, 0.1) is 12.7 Å². The summed E-state index contributed by atoms with van der Waals surface area (Å²) < 4.78 is 20.3. The molecule has 0 unspecified atom stereocenters. The van der Waals surface area contributed by atoms with Crippen molar-refractivity contribution in [1.82, 2.24) is 14.8 Å². The molecule has 0 saturated carbocycles. The van der Waals surface area contributed by atoms with Gasteiger partial charge in [-0.2, -0.15) is 0 Å². The minimum Gasteiger partial charge on any atom is -0.497 e. The van der Waals surface area contributed by atoms with E-state index in [1.165, 1.54) is 30.0 Å². The Morgan fingerprint density at radius 2 is 1.92 bits per heavy atom. The number of carbonyl (C=O) groups is 1. The molecule has 0 aliphatic heterocycles. The molecule has 0 atom stereocenters. The second-order valence-electron chi connectivity index (χ2n) is 5.26. The number of hydrogen-bond donors (Lipinski definition) is 1. The summed E-state index contributed by atoms with van der Waals surface area (Å²) in [6.07, 6.45) is 0. The standard InChI is InChI=1S/C17H13Cl2FN4O2/c1-9-21-16(23-24(9)15-11(18)4-3-5-12(15)19)17(25)22-14-8-10(26-2)6-7-13(14)20/h3-8H,1-2H3,(H,22,25). The number of methoxy groups -OCH3 is 1. The summed E-state index contributed by atoms with van der Waals surface area (Å²) in [5, 5.41) is 7.28. The average Bonchev–Trinajstić information content (AvgIpc) is 2.98. The summed E-state index contributed by atoms with van der Waals surface area (Å²) in [4.78, 5) is 16.5. The topological polar surface area (TPSA) is 69.0 Å². The number of nitrogens with one attached hydrogen (secondary N) is 1. The molecule has 0 aliphatic rings. The van der Waals surface area contributed by atoms with E-state index in [4.69, 9.17) is 27.9 Å². The van der Waals surface area contributed by atoms with E-state index in [1.54, 1.807) is 25.1 Å². The average molecular weight is 395 g/mol. The van der Waals surface area contributed by atoms with Gasteiger partial charge in [-0.1, -0.05) is 29.3 Å². The highest BCUT2D eigenvalue weighted by Gasteiger charge is 2.19. The number of amides is 1. The first-order valence-electron chi connectivity index (χ1n) is 7.43. The van der Waals surface area contributed by atoms with Crippen molar-refractivity contribution in [3.63, 3.8) is 0 Å². The summed E-state index contributed by atoms with van der Waals surface area (Å²) >= 11 is 12.3. The molecule has 134 valence electrons. The largest absolute Gasteiger partial charge is 0.497 e. The molecule has 2 aromatic carbocycles. The van der Waals surface area contributed by atoms with Gasteiger partial charge in [0.05, 0.1) is 22.8 Å². The SMILES string of the molecule is COc1ccc(F)c(NC(=O)c2nc(C)n(-c3c(Cl)cccc3Cl)n2)c1. The Balaban J connectivity index is 1.93. The third-order valence-corrected chi connectivity index (χ3v) is 4.15. The molecule has 3 aromatic rings. The summed E-state index contributed by atoms with van der Waals surface area (Å²) in [5.41, 5.74) is 0.367. The molecule has 6 nitrogen and oxygen atoms in total. The smallest absolute Gasteiger partial charge is 0.295 e. The van der Waals surface area contributed by atoms with Crippen LogP contribution >= 0.6 is 23.2 Å². The number of para-hydroxylation sites is 1. The molecule has 3 rings (SSSR count). The van der Waals surface area contributed by atoms with Gasteiger partial charge in [-0.15, -0.1) is 5.10 Å². The third-order valence-electron chi connectivity index (χ3n) is 3.54. The maximum atomic E-state index is 13.9. The van der Waals surface area contributed by atoms with Gasteiger partial charge in [-0.3, -0.25) is 4.79 Å². The van der Waals surface area contributed by atoms with Crippen molar-refractivity contribution in [2.75, 3.05) is 12.4 Å². The Kier molecular flexibility index (Phi) is 5.11. The lowest BCUT2D eigenvalue weighted by Gasteiger charge is -2.07. The van der Waals surface area contributed by atoms with Gasteiger partial charge in [-0.25, -0.2) is 14.1 Å². The van der Waals surface area contributed by atoms with Gasteiger partial charge >= 0.3 is 0 Å². The molecule has 9 heteroatoms. The van der Waals surface area contributed by atoms with Crippen molar-refractivity contribution in [2.24, 2.45) is 0 Å². The van der Waals surface area contributed by atoms with E-state index in [1.807, 2.05) is 0 Å². The number of carbonyl (C=O) groups excluding carboxylic acids is 1. The fraction of sp³-hybridized carbons (Fsp3) is 0.118. The van der Waals surface area contributed by atoms with Crippen LogP contribution in [-0.4, -0.2) is 27.8 Å². The highest BCUT2D eigenvalue weighted by molar-refractivity contribution is 6.37. The number of halogens is 3. The van der Waals surface area contributed by atoms with Crippen molar-refractivity contribution in [3.05, 3.63) is 63.9 Å². The number of rotatable bonds is 4. The first-order valence-corrected chi connectivity index (χ1v) is 8.19. The van der Waals surface area contributed by atoms with Crippen molar-refractivity contribution >= 4 is 34.8 Å². The predicted octanol–water partition coefficient (Wildman–Crippen LogP) is 4.28. The lowest BCUT2D eigenvalue weighted by molar-refractivity contribution is 0.101. The Bertz CT molecular complexity index is 971. The van der Waals surface area contributed by atoms with Gasteiger partial charge in [0, 0.05) is 6.07 Å². The van der Waals surface area contributed by atoms with Crippen LogP contribution in [0.4, 0.5) is 10.1 Å². The molecule has 1 heterocycles. The number of aromatic nitrogens is 3. The van der Waals surface area contributed by atoms with E-state index in [-0.39, 0.29) is 11.5 Å². The van der Waals surface area contributed by atoms with Crippen molar-refractivity contribution < 1.29 is 13.9 Å². The first kappa shape index (κ1) is 18.2. The molecule has 0 saturated heterocycles. The van der Waals surface area contributed by atoms with E-state index < -0.39 is 11.7 Å². The van der Waals surface area contributed by atoms with Crippen LogP contribution in [0.1, 0.15) is 16.4 Å². The van der Waals surface area contributed by atoms with Gasteiger partial charge in [0.2, 0.25) is 5.82 Å². The summed E-state index contributed by atoms with van der Waals surface area (Å²) in [6.45, 7) is 1.65. The van der Waals surface area contributed by atoms with Crippen LogP contribution in [0.25, 0.3) is 5.69 Å². The van der Waals surface area contributed by atoms with Crippen molar-refractivity contribution in [2.45, 2.75) is 6.92 Å². The van der Waals surface area contributed by atoms with E-state index in [0.29, 0.717) is 27.3 Å². The minimum absolute atomic E-state index is 0.0425. The quantitative estimate of drug-likeness (QED) is 0.716. The number of aryl methyl sites for hydroxylation is 1. The molecule has 1 aromatic heterocycles. The zero-order valence-corrected chi connectivity index (χ0v) is 15.3. The van der Waals surface area contributed by atoms with Crippen LogP contribution in [0.2, 0.25) is 10.0 Å².